The third-order valence-corrected chi connectivity index (χ3v) is 13.5. The first kappa shape index (κ1) is 57.4. The Morgan fingerprint density at radius 1 is 0.619 bits per heavy atom. The van der Waals surface area contributed by atoms with Crippen LogP contribution in [0.2, 0.25) is 0 Å². The third-order valence-electron chi connectivity index (χ3n) is 13.5. The molecule has 2 saturated heterocycles. The molecule has 63 heavy (non-hydrogen) atoms. The van der Waals surface area contributed by atoms with E-state index in [-0.39, 0.29) is 23.9 Å². The molecule has 0 radical (unpaired) electrons. The molecule has 0 aromatic heterocycles. The van der Waals surface area contributed by atoms with Gasteiger partial charge in [0.15, 0.2) is 5.79 Å². The van der Waals surface area contributed by atoms with Crippen LogP contribution in [0.1, 0.15) is 232 Å². The number of likely N-dealkylation sites (tertiary alicyclic amines) is 1. The van der Waals surface area contributed by atoms with Crippen molar-refractivity contribution < 1.29 is 23.8 Å². The summed E-state index contributed by atoms with van der Waals surface area (Å²) < 4.78 is 18.7. The van der Waals surface area contributed by atoms with Crippen LogP contribution in [0.15, 0.2) is 24.3 Å². The Bertz CT molecular complexity index is 1140. The number of unbranched alkanes of at least 4 members (excludes halogenated alkanes) is 23. The van der Waals surface area contributed by atoms with Crippen LogP contribution in [0.4, 0.5) is 0 Å². The lowest BCUT2D eigenvalue weighted by atomic mass is 9.94. The summed E-state index contributed by atoms with van der Waals surface area (Å²) in [6.07, 6.45) is 49.9. The first-order chi connectivity index (χ1) is 30.8. The standard InChI is InChI=1S/C55H103N3O5/c1-6-8-10-12-14-16-18-20-22-24-26-28-30-32-34-36-39-51(38-35-33-31-29-27-25-23-21-19-17-15-13-11-9-7-2)54(60)61-49-41-52-50-62-55(63-52)42-45-58(46-43-55)53(59)40-37-44-57(5)48-47-56(3)4/h20-23,51-52H,6-19,24-50H2,1-5H3/b22-20-,23-21-. The van der Waals surface area contributed by atoms with Gasteiger partial charge in [0.25, 0.3) is 0 Å². The molecule has 1 amide bonds. The van der Waals surface area contributed by atoms with Gasteiger partial charge in [-0.2, -0.15) is 0 Å². The highest BCUT2D eigenvalue weighted by Gasteiger charge is 2.44. The second-order valence-electron chi connectivity index (χ2n) is 19.8. The van der Waals surface area contributed by atoms with Crippen molar-refractivity contribution in [1.82, 2.24) is 14.7 Å². The zero-order chi connectivity index (χ0) is 45.5. The molecule has 2 unspecified atom stereocenters. The smallest absolute Gasteiger partial charge is 0.308 e. The molecule has 0 aromatic carbocycles. The Kier molecular flexibility index (Phi) is 35.9. The van der Waals surface area contributed by atoms with Gasteiger partial charge < -0.3 is 28.9 Å². The normalized spacial score (nSPS) is 17.1. The molecule has 2 aliphatic heterocycles. The van der Waals surface area contributed by atoms with Gasteiger partial charge in [0.2, 0.25) is 5.91 Å². The van der Waals surface area contributed by atoms with Gasteiger partial charge in [-0.15, -0.1) is 0 Å². The maximum Gasteiger partial charge on any atom is 0.308 e. The lowest BCUT2D eigenvalue weighted by molar-refractivity contribution is -0.197. The van der Waals surface area contributed by atoms with Gasteiger partial charge in [0.05, 0.1) is 25.2 Å². The Balaban J connectivity index is 1.66. The van der Waals surface area contributed by atoms with Gasteiger partial charge >= 0.3 is 5.97 Å². The van der Waals surface area contributed by atoms with Gasteiger partial charge in [-0.05, 0) is 98.3 Å². The highest BCUT2D eigenvalue weighted by Crippen LogP contribution is 2.35. The molecule has 0 bridgehead atoms. The number of carbonyl (C=O) groups excluding carboxylic acids is 2. The summed E-state index contributed by atoms with van der Waals surface area (Å²) in [5, 5.41) is 0. The Morgan fingerprint density at radius 3 is 1.56 bits per heavy atom. The van der Waals surface area contributed by atoms with Crippen molar-refractivity contribution in [1.29, 1.82) is 0 Å². The van der Waals surface area contributed by atoms with Crippen molar-refractivity contribution in [3.05, 3.63) is 24.3 Å². The molecular formula is C55H103N3O5. The maximum atomic E-state index is 13.5. The molecule has 2 rings (SSSR count). The average molecular weight is 886 g/mol. The first-order valence-electron chi connectivity index (χ1n) is 27.2. The van der Waals surface area contributed by atoms with Gasteiger partial charge in [-0.3, -0.25) is 9.59 Å². The number of ether oxygens (including phenoxy) is 3. The number of likely N-dealkylation sites (N-methyl/N-ethyl adjacent to an activating group) is 2. The fourth-order valence-electron chi connectivity index (χ4n) is 9.15. The summed E-state index contributed by atoms with van der Waals surface area (Å²) in [7, 11) is 6.31. The summed E-state index contributed by atoms with van der Waals surface area (Å²) in [6.45, 7) is 9.79. The molecule has 2 aliphatic rings. The molecule has 2 fully saturated rings. The van der Waals surface area contributed by atoms with Crippen LogP contribution < -0.4 is 0 Å². The molecule has 2 heterocycles. The molecule has 0 aliphatic carbocycles. The van der Waals surface area contributed by atoms with Crippen LogP contribution in [0.5, 0.6) is 0 Å². The van der Waals surface area contributed by atoms with Crippen LogP contribution in [0.25, 0.3) is 0 Å². The fourth-order valence-corrected chi connectivity index (χ4v) is 9.15. The zero-order valence-corrected chi connectivity index (χ0v) is 42.3. The van der Waals surface area contributed by atoms with Gasteiger partial charge in [-0.1, -0.05) is 160 Å². The van der Waals surface area contributed by atoms with Crippen molar-refractivity contribution in [3.8, 4) is 0 Å². The highest BCUT2D eigenvalue weighted by molar-refractivity contribution is 5.76. The minimum absolute atomic E-state index is 0.000847. The minimum Gasteiger partial charge on any atom is -0.465 e. The van der Waals surface area contributed by atoms with E-state index in [0.29, 0.717) is 52.0 Å². The van der Waals surface area contributed by atoms with E-state index in [1.807, 2.05) is 4.90 Å². The predicted octanol–water partition coefficient (Wildman–Crippen LogP) is 14.0. The molecule has 0 aromatic rings. The van der Waals surface area contributed by atoms with Crippen molar-refractivity contribution >= 4 is 11.9 Å². The molecule has 0 saturated carbocycles. The van der Waals surface area contributed by atoms with Crippen LogP contribution >= 0.6 is 0 Å². The van der Waals surface area contributed by atoms with E-state index in [1.165, 1.54) is 161 Å². The fraction of sp³-hybridized carbons (Fsp3) is 0.891. The summed E-state index contributed by atoms with van der Waals surface area (Å²) in [5.74, 6) is -0.378. The minimum atomic E-state index is -0.603. The van der Waals surface area contributed by atoms with E-state index in [9.17, 15) is 9.59 Å². The van der Waals surface area contributed by atoms with Crippen molar-refractivity contribution in [2.75, 3.05) is 67.1 Å². The molecule has 0 N–H and O–H groups in total. The lowest BCUT2D eigenvalue weighted by Crippen LogP contribution is -2.47. The molecule has 8 nitrogen and oxygen atoms in total. The number of rotatable bonds is 42. The second kappa shape index (κ2) is 39.4. The topological polar surface area (TPSA) is 71.6 Å². The number of piperidine rings is 1. The third kappa shape index (κ3) is 31.0. The van der Waals surface area contributed by atoms with E-state index >= 15 is 0 Å². The maximum absolute atomic E-state index is 13.5. The van der Waals surface area contributed by atoms with E-state index in [4.69, 9.17) is 14.2 Å². The highest BCUT2D eigenvalue weighted by atomic mass is 16.7. The number of amides is 1. The van der Waals surface area contributed by atoms with Crippen LogP contribution in [0, 0.1) is 5.92 Å². The van der Waals surface area contributed by atoms with E-state index < -0.39 is 5.79 Å². The summed E-state index contributed by atoms with van der Waals surface area (Å²) in [4.78, 5) is 32.9. The Morgan fingerprint density at radius 2 is 1.08 bits per heavy atom. The van der Waals surface area contributed by atoms with E-state index in [2.05, 4.69) is 69.1 Å². The lowest BCUT2D eigenvalue weighted by Gasteiger charge is -2.38. The van der Waals surface area contributed by atoms with Crippen LogP contribution in [-0.2, 0) is 23.8 Å². The predicted molar refractivity (Wildman–Crippen MR) is 267 cm³/mol. The summed E-state index contributed by atoms with van der Waals surface area (Å²) >= 11 is 0. The van der Waals surface area contributed by atoms with Gasteiger partial charge in [0, 0.05) is 51.9 Å². The summed E-state index contributed by atoms with van der Waals surface area (Å²) in [5.41, 5.74) is 0. The first-order valence-corrected chi connectivity index (χ1v) is 27.2. The number of carbonyl (C=O) groups is 2. The molecule has 368 valence electrons. The summed E-state index contributed by atoms with van der Waals surface area (Å²) in [6, 6.07) is 0. The van der Waals surface area contributed by atoms with E-state index in [1.54, 1.807) is 0 Å². The average Bonchev–Trinajstić information content (AvgIpc) is 3.67. The molecule has 8 heteroatoms. The number of esters is 1. The Hall–Kier alpha value is -1.74. The number of hydrogen-bond acceptors (Lipinski definition) is 7. The van der Waals surface area contributed by atoms with Crippen LogP contribution in [0.3, 0.4) is 0 Å². The van der Waals surface area contributed by atoms with Crippen molar-refractivity contribution in [3.63, 3.8) is 0 Å². The number of allylic oxidation sites excluding steroid dienone is 4. The number of nitrogens with zero attached hydrogens (tertiary/aromatic N) is 3. The van der Waals surface area contributed by atoms with Crippen molar-refractivity contribution in [2.45, 2.75) is 244 Å². The van der Waals surface area contributed by atoms with E-state index in [0.717, 1.165) is 51.7 Å². The monoisotopic (exact) mass is 886 g/mol. The molecular weight excluding hydrogens is 783 g/mol. The zero-order valence-electron chi connectivity index (χ0n) is 42.3. The number of hydrogen-bond donors (Lipinski definition) is 0. The van der Waals surface area contributed by atoms with Crippen molar-refractivity contribution in [2.24, 2.45) is 5.92 Å². The van der Waals surface area contributed by atoms with Gasteiger partial charge in [-0.25, -0.2) is 0 Å². The SMILES string of the molecule is CCCCCCCC/C=C\CCCCCCCCC(CCCCCCC/C=C\CCCCCCCC)C(=O)OCCC1COC2(CCN(C(=O)CCCN(C)CCN(C)C)CC2)O1. The second-order valence-corrected chi connectivity index (χ2v) is 19.8. The quantitative estimate of drug-likeness (QED) is 0.0343. The Labute approximate surface area is 390 Å². The van der Waals surface area contributed by atoms with Gasteiger partial charge in [0.1, 0.15) is 0 Å². The van der Waals surface area contributed by atoms with Crippen LogP contribution in [-0.4, -0.2) is 106 Å². The largest absolute Gasteiger partial charge is 0.465 e. The molecule has 2 atom stereocenters. The molecule has 1 spiro atoms.